The molecule has 5 rings (SSSR count). The number of hydrogen-bond acceptors (Lipinski definition) is 6. The second-order valence-electron chi connectivity index (χ2n) is 8.49. The first-order valence-electron chi connectivity index (χ1n) is 11.0. The lowest BCUT2D eigenvalue weighted by molar-refractivity contribution is 0.0999. The Labute approximate surface area is 190 Å². The minimum atomic E-state index is -0.710. The number of aromatic nitrogens is 3. The van der Waals surface area contributed by atoms with Crippen molar-refractivity contribution in [1.29, 1.82) is 0 Å². The maximum atomic E-state index is 12.9. The van der Waals surface area contributed by atoms with Crippen LogP contribution < -0.4 is 16.2 Å². The summed E-state index contributed by atoms with van der Waals surface area (Å²) in [6, 6.07) is 15.5. The molecule has 0 atom stereocenters. The molecule has 0 spiro atoms. The molecule has 33 heavy (non-hydrogen) atoms. The smallest absolute Gasteiger partial charge is 0.265 e. The van der Waals surface area contributed by atoms with Gasteiger partial charge in [0.15, 0.2) is 0 Å². The van der Waals surface area contributed by atoms with Crippen LogP contribution in [0.3, 0.4) is 0 Å². The molecule has 1 aliphatic rings. The number of aryl methyl sites for hydroxylation is 2. The van der Waals surface area contributed by atoms with Gasteiger partial charge >= 0.3 is 0 Å². The van der Waals surface area contributed by atoms with Crippen molar-refractivity contribution in [3.8, 4) is 11.5 Å². The van der Waals surface area contributed by atoms with Crippen molar-refractivity contribution in [1.82, 2.24) is 14.8 Å². The standard InChI is InChI=1S/C25H25N5O3/c1-15-7-3-4-8-17(15)24-28-27-23(33-24)16-11-13-30(14-12-16)21-18-9-5-6-10-19(18)29(2)25(32)20(21)22(26)31/h3-10,16H,11-14H2,1-2H3,(H2,26,31). The summed E-state index contributed by atoms with van der Waals surface area (Å²) in [5, 5.41) is 9.42. The Morgan fingerprint density at radius 3 is 2.48 bits per heavy atom. The molecule has 2 aromatic heterocycles. The van der Waals surface area contributed by atoms with E-state index < -0.39 is 5.91 Å². The molecule has 2 N–H and O–H groups in total. The fourth-order valence-electron chi connectivity index (χ4n) is 4.70. The molecule has 8 nitrogen and oxygen atoms in total. The number of para-hydroxylation sites is 1. The molecule has 0 bridgehead atoms. The predicted octanol–water partition coefficient (Wildman–Crippen LogP) is 3.38. The van der Waals surface area contributed by atoms with Crippen molar-refractivity contribution in [2.75, 3.05) is 18.0 Å². The zero-order valence-electron chi connectivity index (χ0n) is 18.6. The minimum absolute atomic E-state index is 0.0364. The normalized spacial score (nSPS) is 14.7. The van der Waals surface area contributed by atoms with E-state index in [1.54, 1.807) is 7.05 Å². The Morgan fingerprint density at radius 2 is 1.76 bits per heavy atom. The highest BCUT2D eigenvalue weighted by Crippen LogP contribution is 2.35. The van der Waals surface area contributed by atoms with Crippen LogP contribution in [-0.2, 0) is 7.05 Å². The van der Waals surface area contributed by atoms with E-state index >= 15 is 0 Å². The highest BCUT2D eigenvalue weighted by Gasteiger charge is 2.30. The van der Waals surface area contributed by atoms with Gasteiger partial charge in [-0.2, -0.15) is 0 Å². The summed E-state index contributed by atoms with van der Waals surface area (Å²) < 4.78 is 7.51. The summed E-state index contributed by atoms with van der Waals surface area (Å²) in [5.41, 5.74) is 8.72. The van der Waals surface area contributed by atoms with Crippen molar-refractivity contribution in [2.45, 2.75) is 25.7 Å². The van der Waals surface area contributed by atoms with E-state index in [4.69, 9.17) is 10.2 Å². The quantitative estimate of drug-likeness (QED) is 0.518. The lowest BCUT2D eigenvalue weighted by Crippen LogP contribution is -2.38. The number of anilines is 1. The zero-order chi connectivity index (χ0) is 23.1. The summed E-state index contributed by atoms with van der Waals surface area (Å²) >= 11 is 0. The molecule has 1 saturated heterocycles. The Balaban J connectivity index is 1.44. The number of amides is 1. The van der Waals surface area contributed by atoms with Gasteiger partial charge in [-0.05, 0) is 37.5 Å². The molecule has 2 aromatic carbocycles. The maximum absolute atomic E-state index is 12.9. The summed E-state index contributed by atoms with van der Waals surface area (Å²) in [4.78, 5) is 27.3. The van der Waals surface area contributed by atoms with E-state index in [-0.39, 0.29) is 17.0 Å². The van der Waals surface area contributed by atoms with Crippen LogP contribution in [0.4, 0.5) is 5.69 Å². The lowest BCUT2D eigenvalue weighted by atomic mass is 9.95. The van der Waals surface area contributed by atoms with E-state index in [0.717, 1.165) is 34.9 Å². The summed E-state index contributed by atoms with van der Waals surface area (Å²) in [6.45, 7) is 3.30. The Bertz CT molecular complexity index is 1410. The lowest BCUT2D eigenvalue weighted by Gasteiger charge is -2.34. The van der Waals surface area contributed by atoms with E-state index in [1.807, 2.05) is 55.5 Å². The number of primary amides is 1. The number of benzene rings is 2. The molecule has 0 aliphatic carbocycles. The van der Waals surface area contributed by atoms with Gasteiger partial charge in [0.05, 0.1) is 11.2 Å². The molecule has 168 valence electrons. The average molecular weight is 444 g/mol. The summed E-state index contributed by atoms with van der Waals surface area (Å²) in [5.74, 6) is 0.551. The molecule has 1 amide bonds. The third-order valence-electron chi connectivity index (χ3n) is 6.50. The number of pyridine rings is 1. The van der Waals surface area contributed by atoms with Gasteiger partial charge in [-0.15, -0.1) is 10.2 Å². The number of fused-ring (bicyclic) bond motifs is 1. The van der Waals surface area contributed by atoms with Crippen molar-refractivity contribution >= 4 is 22.5 Å². The molecule has 0 radical (unpaired) electrons. The van der Waals surface area contributed by atoms with Crippen LogP contribution in [0.2, 0.25) is 0 Å². The summed E-state index contributed by atoms with van der Waals surface area (Å²) in [7, 11) is 1.66. The van der Waals surface area contributed by atoms with Crippen LogP contribution in [0.25, 0.3) is 22.4 Å². The van der Waals surface area contributed by atoms with Gasteiger partial charge in [0.1, 0.15) is 5.56 Å². The van der Waals surface area contributed by atoms with E-state index in [2.05, 4.69) is 15.1 Å². The minimum Gasteiger partial charge on any atom is -0.420 e. The second-order valence-corrected chi connectivity index (χ2v) is 8.49. The van der Waals surface area contributed by atoms with Crippen LogP contribution in [0, 0.1) is 6.92 Å². The summed E-state index contributed by atoms with van der Waals surface area (Å²) in [6.07, 6.45) is 1.52. The number of piperidine rings is 1. The van der Waals surface area contributed by atoms with Crippen LogP contribution in [-0.4, -0.2) is 33.8 Å². The van der Waals surface area contributed by atoms with Gasteiger partial charge < -0.3 is 19.6 Å². The third-order valence-corrected chi connectivity index (χ3v) is 6.50. The maximum Gasteiger partial charge on any atom is 0.265 e. The molecular weight excluding hydrogens is 418 g/mol. The first kappa shape index (κ1) is 20.9. The van der Waals surface area contributed by atoms with Gasteiger partial charge in [0, 0.05) is 37.0 Å². The molecule has 0 unspecified atom stereocenters. The van der Waals surface area contributed by atoms with Crippen LogP contribution in [0.15, 0.2) is 57.7 Å². The van der Waals surface area contributed by atoms with Gasteiger partial charge in [-0.3, -0.25) is 9.59 Å². The Morgan fingerprint density at radius 1 is 1.06 bits per heavy atom. The van der Waals surface area contributed by atoms with Gasteiger partial charge in [0.2, 0.25) is 11.8 Å². The topological polar surface area (TPSA) is 107 Å². The molecule has 8 heteroatoms. The van der Waals surface area contributed by atoms with Crippen LogP contribution in [0.1, 0.15) is 40.6 Å². The van der Waals surface area contributed by atoms with Crippen molar-refractivity contribution in [2.24, 2.45) is 12.8 Å². The second kappa shape index (κ2) is 8.20. The number of carbonyl (C=O) groups is 1. The van der Waals surface area contributed by atoms with E-state index in [0.29, 0.717) is 30.6 Å². The number of carbonyl (C=O) groups excluding carboxylic acids is 1. The first-order valence-corrected chi connectivity index (χ1v) is 11.0. The Kier molecular flexibility index (Phi) is 5.20. The van der Waals surface area contributed by atoms with Crippen LogP contribution >= 0.6 is 0 Å². The first-order chi connectivity index (χ1) is 16.0. The molecule has 1 aliphatic heterocycles. The highest BCUT2D eigenvalue weighted by molar-refractivity contribution is 6.06. The Hall–Kier alpha value is -3.94. The average Bonchev–Trinajstić information content (AvgIpc) is 3.31. The zero-order valence-corrected chi connectivity index (χ0v) is 18.6. The van der Waals surface area contributed by atoms with Crippen molar-refractivity contribution in [3.05, 3.63) is 75.9 Å². The fourth-order valence-corrected chi connectivity index (χ4v) is 4.70. The monoisotopic (exact) mass is 443 g/mol. The number of nitrogens with two attached hydrogens (primary N) is 1. The highest BCUT2D eigenvalue weighted by atomic mass is 16.4. The molecule has 3 heterocycles. The van der Waals surface area contributed by atoms with Gasteiger partial charge in [-0.1, -0.05) is 36.4 Å². The predicted molar refractivity (Wildman–Crippen MR) is 126 cm³/mol. The van der Waals surface area contributed by atoms with Crippen LogP contribution in [0.5, 0.6) is 0 Å². The molecule has 0 saturated carbocycles. The van der Waals surface area contributed by atoms with Gasteiger partial charge in [-0.25, -0.2) is 0 Å². The molecule has 4 aromatic rings. The molecular formula is C25H25N5O3. The van der Waals surface area contributed by atoms with Crippen molar-refractivity contribution < 1.29 is 9.21 Å². The SMILES string of the molecule is Cc1ccccc1-c1nnc(C2CCN(c3c(C(N)=O)c(=O)n(C)c4ccccc34)CC2)o1. The third kappa shape index (κ3) is 3.57. The number of hydrogen-bond donors (Lipinski definition) is 1. The fraction of sp³-hybridized carbons (Fsp3) is 0.280. The van der Waals surface area contributed by atoms with E-state index in [1.165, 1.54) is 4.57 Å². The number of nitrogens with zero attached hydrogens (tertiary/aromatic N) is 4. The largest absolute Gasteiger partial charge is 0.420 e. The van der Waals surface area contributed by atoms with Crippen molar-refractivity contribution in [3.63, 3.8) is 0 Å². The van der Waals surface area contributed by atoms with Gasteiger partial charge in [0.25, 0.3) is 11.5 Å². The van der Waals surface area contributed by atoms with E-state index in [9.17, 15) is 9.59 Å². The molecule has 1 fully saturated rings. The number of rotatable bonds is 4.